The lowest BCUT2D eigenvalue weighted by Gasteiger charge is -2.09. The van der Waals surface area contributed by atoms with E-state index in [0.717, 1.165) is 11.3 Å². The van der Waals surface area contributed by atoms with Crippen LogP contribution in [0.25, 0.3) is 0 Å². The molecule has 1 atom stereocenters. The first kappa shape index (κ1) is 12.5. The van der Waals surface area contributed by atoms with Gasteiger partial charge in [-0.25, -0.2) is 0 Å². The van der Waals surface area contributed by atoms with E-state index in [2.05, 4.69) is 5.10 Å². The lowest BCUT2D eigenvalue weighted by atomic mass is 10.1. The third-order valence-corrected chi connectivity index (χ3v) is 2.84. The molecule has 0 spiro atoms. The van der Waals surface area contributed by atoms with Crippen LogP contribution in [-0.4, -0.2) is 34.7 Å². The summed E-state index contributed by atoms with van der Waals surface area (Å²) in [6.07, 6.45) is 0.716. The van der Waals surface area contributed by atoms with Crippen molar-refractivity contribution in [2.75, 3.05) is 13.7 Å². The molecule has 1 rings (SSSR count). The fraction of sp³-hybridized carbons (Fsp3) is 0.700. The molecular formula is C10H17ClN2O2. The zero-order valence-corrected chi connectivity index (χ0v) is 10.1. The van der Waals surface area contributed by atoms with E-state index in [-0.39, 0.29) is 0 Å². The summed E-state index contributed by atoms with van der Waals surface area (Å²) < 4.78 is 6.52. The Morgan fingerprint density at radius 3 is 2.73 bits per heavy atom. The van der Waals surface area contributed by atoms with Gasteiger partial charge < -0.3 is 9.84 Å². The van der Waals surface area contributed by atoms with Crippen molar-refractivity contribution in [1.29, 1.82) is 0 Å². The number of aliphatic hydroxyl groups is 1. The molecule has 0 aromatic carbocycles. The van der Waals surface area contributed by atoms with Gasteiger partial charge in [-0.2, -0.15) is 5.10 Å². The number of hydrogen-bond donors (Lipinski definition) is 1. The predicted molar refractivity (Wildman–Crippen MR) is 59.2 cm³/mol. The van der Waals surface area contributed by atoms with Crippen LogP contribution in [0.3, 0.4) is 0 Å². The van der Waals surface area contributed by atoms with Crippen molar-refractivity contribution in [2.24, 2.45) is 7.05 Å². The highest BCUT2D eigenvalue weighted by atomic mass is 35.5. The van der Waals surface area contributed by atoms with Crippen molar-refractivity contribution >= 4 is 11.6 Å². The number of aliphatic hydroxyl groups excluding tert-OH is 1. The molecule has 1 aromatic heterocycles. The highest BCUT2D eigenvalue weighted by molar-refractivity contribution is 6.30. The molecule has 0 saturated heterocycles. The number of nitrogens with zero attached hydrogens (tertiary/aromatic N) is 2. The van der Waals surface area contributed by atoms with E-state index < -0.39 is 6.10 Å². The largest absolute Gasteiger partial charge is 0.393 e. The second kappa shape index (κ2) is 5.49. The summed E-state index contributed by atoms with van der Waals surface area (Å²) in [4.78, 5) is 0. The predicted octanol–water partition coefficient (Wildman–Crippen LogP) is 1.32. The van der Waals surface area contributed by atoms with Gasteiger partial charge in [0.05, 0.1) is 11.8 Å². The van der Waals surface area contributed by atoms with Crippen LogP contribution in [-0.2, 0) is 18.2 Å². The molecule has 0 bridgehead atoms. The molecule has 1 N–H and O–H groups in total. The maximum atomic E-state index is 9.72. The number of aromatic nitrogens is 2. The standard InChI is InChI=1S/C10H17ClN2O2/c1-7-9(10(11)13(2)12-7)6-8(14)4-5-15-3/h8,14H,4-6H2,1-3H3. The average molecular weight is 233 g/mol. The minimum Gasteiger partial charge on any atom is -0.393 e. The molecule has 0 aliphatic rings. The van der Waals surface area contributed by atoms with Crippen molar-refractivity contribution < 1.29 is 9.84 Å². The normalized spacial score (nSPS) is 13.1. The van der Waals surface area contributed by atoms with Gasteiger partial charge in [-0.1, -0.05) is 11.6 Å². The van der Waals surface area contributed by atoms with E-state index in [9.17, 15) is 5.11 Å². The Labute approximate surface area is 94.8 Å². The van der Waals surface area contributed by atoms with Gasteiger partial charge in [0.25, 0.3) is 0 Å². The van der Waals surface area contributed by atoms with E-state index >= 15 is 0 Å². The topological polar surface area (TPSA) is 47.3 Å². The number of halogens is 1. The maximum Gasteiger partial charge on any atom is 0.130 e. The summed E-state index contributed by atoms with van der Waals surface area (Å²) in [6, 6.07) is 0. The summed E-state index contributed by atoms with van der Waals surface area (Å²) in [5, 5.41) is 14.5. The number of rotatable bonds is 5. The average Bonchev–Trinajstić information content (AvgIpc) is 2.42. The fourth-order valence-electron chi connectivity index (χ4n) is 1.50. The van der Waals surface area contributed by atoms with Gasteiger partial charge in [0.1, 0.15) is 5.15 Å². The van der Waals surface area contributed by atoms with Crippen LogP contribution in [0.1, 0.15) is 17.7 Å². The number of ether oxygens (including phenoxy) is 1. The zero-order valence-electron chi connectivity index (χ0n) is 9.33. The molecule has 0 radical (unpaired) electrons. The van der Waals surface area contributed by atoms with E-state index in [1.165, 1.54) is 0 Å². The molecule has 0 fully saturated rings. The van der Waals surface area contributed by atoms with E-state index in [1.54, 1.807) is 18.8 Å². The highest BCUT2D eigenvalue weighted by Gasteiger charge is 2.15. The van der Waals surface area contributed by atoms with Gasteiger partial charge >= 0.3 is 0 Å². The van der Waals surface area contributed by atoms with Crippen LogP contribution in [0.2, 0.25) is 5.15 Å². The molecule has 1 aromatic rings. The van der Waals surface area contributed by atoms with Gasteiger partial charge in [0.15, 0.2) is 0 Å². The third-order valence-electron chi connectivity index (χ3n) is 2.36. The van der Waals surface area contributed by atoms with Crippen LogP contribution >= 0.6 is 11.6 Å². The van der Waals surface area contributed by atoms with Crippen LogP contribution in [0, 0.1) is 6.92 Å². The molecule has 4 nitrogen and oxygen atoms in total. The molecule has 1 unspecified atom stereocenters. The smallest absolute Gasteiger partial charge is 0.130 e. The first-order valence-electron chi connectivity index (χ1n) is 4.91. The zero-order chi connectivity index (χ0) is 11.4. The van der Waals surface area contributed by atoms with Gasteiger partial charge in [-0.15, -0.1) is 0 Å². The summed E-state index contributed by atoms with van der Waals surface area (Å²) >= 11 is 6.05. The molecule has 0 aliphatic carbocycles. The molecule has 1 heterocycles. The van der Waals surface area contributed by atoms with E-state index in [1.807, 2.05) is 6.92 Å². The van der Waals surface area contributed by atoms with Crippen LogP contribution < -0.4 is 0 Å². The van der Waals surface area contributed by atoms with Gasteiger partial charge in [-0.3, -0.25) is 4.68 Å². The Balaban J connectivity index is 2.63. The summed E-state index contributed by atoms with van der Waals surface area (Å²) in [6.45, 7) is 2.45. The SMILES string of the molecule is COCCC(O)Cc1c(C)nn(C)c1Cl. The minimum absolute atomic E-state index is 0.426. The third kappa shape index (κ3) is 3.19. The van der Waals surface area contributed by atoms with Gasteiger partial charge in [-0.05, 0) is 13.3 Å². The first-order valence-corrected chi connectivity index (χ1v) is 5.29. The number of hydrogen-bond acceptors (Lipinski definition) is 3. The molecule has 15 heavy (non-hydrogen) atoms. The van der Waals surface area contributed by atoms with Crippen molar-refractivity contribution in [2.45, 2.75) is 25.9 Å². The molecule has 86 valence electrons. The van der Waals surface area contributed by atoms with Crippen LogP contribution in [0.5, 0.6) is 0 Å². The molecular weight excluding hydrogens is 216 g/mol. The Morgan fingerprint density at radius 2 is 2.27 bits per heavy atom. The molecule has 0 aliphatic heterocycles. The van der Waals surface area contributed by atoms with Crippen molar-refractivity contribution in [3.05, 3.63) is 16.4 Å². The van der Waals surface area contributed by atoms with E-state index in [4.69, 9.17) is 16.3 Å². The minimum atomic E-state index is -0.426. The monoisotopic (exact) mass is 232 g/mol. The maximum absolute atomic E-state index is 9.72. The molecule has 5 heteroatoms. The van der Waals surface area contributed by atoms with Gasteiger partial charge in [0.2, 0.25) is 0 Å². The first-order chi connectivity index (χ1) is 7.06. The second-order valence-corrected chi connectivity index (χ2v) is 3.98. The second-order valence-electron chi connectivity index (χ2n) is 3.62. The Morgan fingerprint density at radius 1 is 1.60 bits per heavy atom. The number of methoxy groups -OCH3 is 1. The highest BCUT2D eigenvalue weighted by Crippen LogP contribution is 2.20. The molecule has 0 saturated carbocycles. The number of aryl methyl sites for hydroxylation is 2. The lowest BCUT2D eigenvalue weighted by Crippen LogP contribution is -2.13. The van der Waals surface area contributed by atoms with E-state index in [0.29, 0.717) is 24.6 Å². The van der Waals surface area contributed by atoms with Crippen LogP contribution in [0.4, 0.5) is 0 Å². The fourth-order valence-corrected chi connectivity index (χ4v) is 1.75. The Bertz CT molecular complexity index is 325. The van der Waals surface area contributed by atoms with Crippen LogP contribution in [0.15, 0.2) is 0 Å². The summed E-state index contributed by atoms with van der Waals surface area (Å²) in [5.41, 5.74) is 1.79. The summed E-state index contributed by atoms with van der Waals surface area (Å²) in [5.74, 6) is 0. The van der Waals surface area contributed by atoms with Gasteiger partial charge in [0, 0.05) is 32.7 Å². The summed E-state index contributed by atoms with van der Waals surface area (Å²) in [7, 11) is 3.41. The lowest BCUT2D eigenvalue weighted by molar-refractivity contribution is 0.110. The van der Waals surface area contributed by atoms with Crippen molar-refractivity contribution in [1.82, 2.24) is 9.78 Å². The van der Waals surface area contributed by atoms with Crippen molar-refractivity contribution in [3.8, 4) is 0 Å². The quantitative estimate of drug-likeness (QED) is 0.833. The van der Waals surface area contributed by atoms with Crippen molar-refractivity contribution in [3.63, 3.8) is 0 Å². The molecule has 0 amide bonds. The Hall–Kier alpha value is -0.580. The Kier molecular flexibility index (Phi) is 4.57.